The second kappa shape index (κ2) is 6.19. The van der Waals surface area contributed by atoms with Crippen molar-refractivity contribution in [2.75, 3.05) is 19.0 Å². The second-order valence-corrected chi connectivity index (χ2v) is 3.30. The van der Waals surface area contributed by atoms with Crippen LogP contribution in [0.3, 0.4) is 0 Å². The largest absolute Gasteiger partial charge is 0.378 e. The van der Waals surface area contributed by atoms with Gasteiger partial charge in [-0.3, -0.25) is 9.78 Å². The molecule has 5 heteroatoms. The number of anilines is 1. The summed E-state index contributed by atoms with van der Waals surface area (Å²) in [5.74, 6) is 0.517. The van der Waals surface area contributed by atoms with Gasteiger partial charge in [-0.25, -0.2) is 4.98 Å². The summed E-state index contributed by atoms with van der Waals surface area (Å²) in [4.78, 5) is 18.1. The number of nitrogens with one attached hydrogen (secondary N) is 2. The summed E-state index contributed by atoms with van der Waals surface area (Å²) in [6, 6.07) is 1.44. The Morgan fingerprint density at radius 1 is 1.60 bits per heavy atom. The molecule has 1 heterocycles. The van der Waals surface area contributed by atoms with E-state index in [0.717, 1.165) is 19.4 Å². The fraction of sp³-hybridized carbons (Fsp3) is 0.600. The summed E-state index contributed by atoms with van der Waals surface area (Å²) in [5, 5.41) is 3.06. The summed E-state index contributed by atoms with van der Waals surface area (Å²) in [6.07, 6.45) is 2.16. The zero-order valence-electron chi connectivity index (χ0n) is 9.17. The molecule has 5 nitrogen and oxygen atoms in total. The van der Waals surface area contributed by atoms with Crippen molar-refractivity contribution in [1.29, 1.82) is 0 Å². The van der Waals surface area contributed by atoms with Crippen molar-refractivity contribution in [3.63, 3.8) is 0 Å². The van der Waals surface area contributed by atoms with Gasteiger partial charge in [-0.1, -0.05) is 13.3 Å². The van der Waals surface area contributed by atoms with Gasteiger partial charge in [0.1, 0.15) is 0 Å². The maximum atomic E-state index is 11.2. The lowest BCUT2D eigenvalue weighted by atomic mass is 10.3. The first-order valence-corrected chi connectivity index (χ1v) is 5.09. The highest BCUT2D eigenvalue weighted by atomic mass is 16.5. The van der Waals surface area contributed by atoms with E-state index in [1.165, 1.54) is 6.07 Å². The van der Waals surface area contributed by atoms with E-state index in [0.29, 0.717) is 18.2 Å². The molecule has 1 aromatic heterocycles. The van der Waals surface area contributed by atoms with Gasteiger partial charge in [0.05, 0.1) is 12.3 Å². The third-order valence-corrected chi connectivity index (χ3v) is 1.91. The molecule has 2 N–H and O–H groups in total. The minimum Gasteiger partial charge on any atom is -0.378 e. The van der Waals surface area contributed by atoms with Gasteiger partial charge in [-0.15, -0.1) is 0 Å². The summed E-state index contributed by atoms with van der Waals surface area (Å²) in [5.41, 5.74) is 0.483. The number of rotatable bonds is 6. The molecule has 0 fully saturated rings. The van der Waals surface area contributed by atoms with Crippen molar-refractivity contribution in [3.8, 4) is 0 Å². The highest BCUT2D eigenvalue weighted by Gasteiger charge is 1.99. The number of ether oxygens (including phenoxy) is 1. The Kier molecular flexibility index (Phi) is 4.83. The van der Waals surface area contributed by atoms with Crippen LogP contribution < -0.4 is 10.9 Å². The van der Waals surface area contributed by atoms with Crippen molar-refractivity contribution in [2.45, 2.75) is 26.4 Å². The van der Waals surface area contributed by atoms with Gasteiger partial charge in [0.2, 0.25) is 5.95 Å². The number of aromatic amines is 1. The van der Waals surface area contributed by atoms with Crippen LogP contribution in [0.2, 0.25) is 0 Å². The van der Waals surface area contributed by atoms with Gasteiger partial charge in [-0.05, 0) is 6.42 Å². The highest BCUT2D eigenvalue weighted by molar-refractivity contribution is 5.24. The van der Waals surface area contributed by atoms with Crippen LogP contribution in [0.1, 0.15) is 25.5 Å². The molecule has 0 aliphatic carbocycles. The molecule has 0 atom stereocenters. The first-order valence-electron chi connectivity index (χ1n) is 5.09. The smallest absolute Gasteiger partial charge is 0.252 e. The number of hydrogen-bond donors (Lipinski definition) is 2. The van der Waals surface area contributed by atoms with E-state index in [1.807, 2.05) is 0 Å². The third kappa shape index (κ3) is 4.12. The lowest BCUT2D eigenvalue weighted by molar-refractivity contribution is 0.181. The van der Waals surface area contributed by atoms with E-state index in [9.17, 15) is 4.79 Å². The Morgan fingerprint density at radius 3 is 3.07 bits per heavy atom. The lowest BCUT2D eigenvalue weighted by Gasteiger charge is -2.05. The summed E-state index contributed by atoms with van der Waals surface area (Å²) in [7, 11) is 1.58. The highest BCUT2D eigenvalue weighted by Crippen LogP contribution is 1.99. The average Bonchev–Trinajstić information content (AvgIpc) is 2.18. The summed E-state index contributed by atoms with van der Waals surface area (Å²) >= 11 is 0. The van der Waals surface area contributed by atoms with Crippen LogP contribution >= 0.6 is 0 Å². The van der Waals surface area contributed by atoms with Gasteiger partial charge in [-0.2, -0.15) is 0 Å². The SMILES string of the molecule is CCCCNc1nc(COC)cc(=O)[nH]1. The monoisotopic (exact) mass is 211 g/mol. The molecule has 0 aromatic carbocycles. The molecular formula is C10H17N3O2. The van der Waals surface area contributed by atoms with Crippen molar-refractivity contribution in [3.05, 3.63) is 22.1 Å². The Balaban J connectivity index is 2.66. The predicted octanol–water partition coefficient (Wildman–Crippen LogP) is 1.13. The van der Waals surface area contributed by atoms with E-state index in [4.69, 9.17) is 4.74 Å². The van der Waals surface area contributed by atoms with E-state index in [-0.39, 0.29) is 5.56 Å². The van der Waals surface area contributed by atoms with Gasteiger partial charge in [0.25, 0.3) is 5.56 Å². The zero-order chi connectivity index (χ0) is 11.1. The molecule has 1 aromatic rings. The molecular weight excluding hydrogens is 194 g/mol. The molecule has 0 spiro atoms. The predicted molar refractivity (Wildman–Crippen MR) is 59.0 cm³/mol. The van der Waals surface area contributed by atoms with Crippen molar-refractivity contribution in [2.24, 2.45) is 0 Å². The van der Waals surface area contributed by atoms with E-state index < -0.39 is 0 Å². The van der Waals surface area contributed by atoms with Crippen LogP contribution in [-0.4, -0.2) is 23.6 Å². The fourth-order valence-electron chi connectivity index (χ4n) is 1.20. The first-order chi connectivity index (χ1) is 7.26. The van der Waals surface area contributed by atoms with E-state index >= 15 is 0 Å². The van der Waals surface area contributed by atoms with Crippen molar-refractivity contribution in [1.82, 2.24) is 9.97 Å². The fourth-order valence-corrected chi connectivity index (χ4v) is 1.20. The van der Waals surface area contributed by atoms with Crippen molar-refractivity contribution < 1.29 is 4.74 Å². The Bertz CT molecular complexity index is 349. The van der Waals surface area contributed by atoms with Crippen molar-refractivity contribution >= 4 is 5.95 Å². The maximum absolute atomic E-state index is 11.2. The van der Waals surface area contributed by atoms with E-state index in [2.05, 4.69) is 22.2 Å². The number of aromatic nitrogens is 2. The molecule has 0 aliphatic rings. The Morgan fingerprint density at radius 2 is 2.40 bits per heavy atom. The molecule has 15 heavy (non-hydrogen) atoms. The van der Waals surface area contributed by atoms with Crippen LogP contribution in [0.25, 0.3) is 0 Å². The standard InChI is InChI=1S/C10H17N3O2/c1-3-4-5-11-10-12-8(7-15-2)6-9(14)13-10/h6H,3-5,7H2,1-2H3,(H2,11,12,13,14). The molecule has 0 saturated heterocycles. The maximum Gasteiger partial charge on any atom is 0.252 e. The van der Waals surface area contributed by atoms with Gasteiger partial charge >= 0.3 is 0 Å². The second-order valence-electron chi connectivity index (χ2n) is 3.30. The quantitative estimate of drug-likeness (QED) is 0.692. The Hall–Kier alpha value is -1.36. The van der Waals surface area contributed by atoms with Crippen LogP contribution in [0.15, 0.2) is 10.9 Å². The van der Waals surface area contributed by atoms with Gasteiger partial charge < -0.3 is 10.1 Å². The number of methoxy groups -OCH3 is 1. The van der Waals surface area contributed by atoms with E-state index in [1.54, 1.807) is 7.11 Å². The number of unbranched alkanes of at least 4 members (excludes halogenated alkanes) is 1. The molecule has 0 unspecified atom stereocenters. The topological polar surface area (TPSA) is 67.0 Å². The molecule has 0 saturated carbocycles. The number of H-pyrrole nitrogens is 1. The molecule has 84 valence electrons. The van der Waals surface area contributed by atoms with Gasteiger partial charge in [0, 0.05) is 19.7 Å². The molecule has 0 aliphatic heterocycles. The third-order valence-electron chi connectivity index (χ3n) is 1.91. The molecule has 0 bridgehead atoms. The summed E-state index contributed by atoms with van der Waals surface area (Å²) in [6.45, 7) is 3.28. The Labute approximate surface area is 88.9 Å². The zero-order valence-corrected chi connectivity index (χ0v) is 9.17. The van der Waals surface area contributed by atoms with Crippen LogP contribution in [0.4, 0.5) is 5.95 Å². The minimum atomic E-state index is -0.156. The normalized spacial score (nSPS) is 10.3. The number of hydrogen-bond acceptors (Lipinski definition) is 4. The number of nitrogens with zero attached hydrogens (tertiary/aromatic N) is 1. The molecule has 0 amide bonds. The minimum absolute atomic E-state index is 0.156. The summed E-state index contributed by atoms with van der Waals surface area (Å²) < 4.78 is 4.92. The average molecular weight is 211 g/mol. The molecule has 1 rings (SSSR count). The van der Waals surface area contributed by atoms with Crippen LogP contribution in [-0.2, 0) is 11.3 Å². The lowest BCUT2D eigenvalue weighted by Crippen LogP contribution is -2.15. The van der Waals surface area contributed by atoms with Gasteiger partial charge in [0.15, 0.2) is 0 Å². The van der Waals surface area contributed by atoms with Crippen LogP contribution in [0, 0.1) is 0 Å². The first kappa shape index (κ1) is 11.7. The molecule has 0 radical (unpaired) electrons. The van der Waals surface area contributed by atoms with Crippen LogP contribution in [0.5, 0.6) is 0 Å².